The van der Waals surface area contributed by atoms with Gasteiger partial charge in [-0.1, -0.05) is 49.0 Å². The molecule has 0 unspecified atom stereocenters. The zero-order chi connectivity index (χ0) is 14.7. The molecule has 1 aromatic heterocycles. The van der Waals surface area contributed by atoms with Crippen molar-refractivity contribution in [1.82, 2.24) is 9.99 Å². The van der Waals surface area contributed by atoms with Crippen LogP contribution < -0.4 is 5.84 Å². The number of halogens is 1. The third-order valence-corrected chi connectivity index (χ3v) is 3.19. The molecule has 2 rings (SSSR count). The van der Waals surface area contributed by atoms with Gasteiger partial charge in [0.25, 0.3) is 0 Å². The first-order chi connectivity index (χ1) is 9.55. The van der Waals surface area contributed by atoms with E-state index in [1.807, 2.05) is 24.3 Å². The van der Waals surface area contributed by atoms with Crippen LogP contribution in [-0.2, 0) is 0 Å². The molecule has 2 aromatic rings. The Labute approximate surface area is 123 Å². The van der Waals surface area contributed by atoms with Crippen molar-refractivity contribution in [1.29, 1.82) is 0 Å². The first-order valence-electron chi connectivity index (χ1n) is 6.10. The van der Waals surface area contributed by atoms with Crippen molar-refractivity contribution >= 4 is 34.2 Å². The molecule has 102 valence electrons. The van der Waals surface area contributed by atoms with Crippen LogP contribution in [0, 0.1) is 0 Å². The van der Waals surface area contributed by atoms with E-state index in [0.717, 1.165) is 27.7 Å². The lowest BCUT2D eigenvalue weighted by Gasteiger charge is -2.10. The highest BCUT2D eigenvalue weighted by molar-refractivity contribution is 6.35. The molecule has 0 bridgehead atoms. The molecule has 0 atom stereocenters. The van der Waals surface area contributed by atoms with Gasteiger partial charge < -0.3 is 5.01 Å². The second-order valence-electron chi connectivity index (χ2n) is 4.42. The normalized spacial score (nSPS) is 11.4. The van der Waals surface area contributed by atoms with Crippen LogP contribution >= 0.6 is 11.6 Å². The zero-order valence-electron chi connectivity index (χ0n) is 11.3. The van der Waals surface area contributed by atoms with Crippen molar-refractivity contribution < 1.29 is 0 Å². The van der Waals surface area contributed by atoms with Gasteiger partial charge in [0.15, 0.2) is 0 Å². The average molecular weight is 286 g/mol. The molecule has 1 heterocycles. The maximum absolute atomic E-state index is 6.32. The van der Waals surface area contributed by atoms with Crippen molar-refractivity contribution in [3.63, 3.8) is 0 Å². The molecule has 2 N–H and O–H groups in total. The Morgan fingerprint density at radius 3 is 2.70 bits per heavy atom. The molecule has 0 aliphatic rings. The number of aromatic nitrogens is 1. The smallest absolute Gasteiger partial charge is 0.0739 e. The lowest BCUT2D eigenvalue weighted by Crippen LogP contribution is -2.19. The quantitative estimate of drug-likeness (QED) is 0.527. The molecule has 3 nitrogen and oxygen atoms in total. The molecule has 0 amide bonds. The summed E-state index contributed by atoms with van der Waals surface area (Å²) in [6.07, 6.45) is 5.22. The summed E-state index contributed by atoms with van der Waals surface area (Å²) in [5.41, 5.74) is 3.36. The van der Waals surface area contributed by atoms with Gasteiger partial charge in [-0.25, -0.2) is 10.8 Å². The van der Waals surface area contributed by atoms with E-state index in [9.17, 15) is 0 Å². The van der Waals surface area contributed by atoms with E-state index in [4.69, 9.17) is 17.4 Å². The fourth-order valence-electron chi connectivity index (χ4n) is 1.92. The van der Waals surface area contributed by atoms with Gasteiger partial charge in [-0.05, 0) is 17.7 Å². The fraction of sp³-hybridized carbons (Fsp3) is 0.0625. The molecule has 0 fully saturated rings. The zero-order valence-corrected chi connectivity index (χ0v) is 12.1. The number of fused-ring (bicyclic) bond motifs is 1. The highest BCUT2D eigenvalue weighted by atomic mass is 35.5. The minimum Gasteiger partial charge on any atom is -0.321 e. The molecule has 20 heavy (non-hydrogen) atoms. The number of nitrogens with zero attached hydrogens (tertiary/aromatic N) is 2. The van der Waals surface area contributed by atoms with Gasteiger partial charge in [-0.3, -0.25) is 0 Å². The summed E-state index contributed by atoms with van der Waals surface area (Å²) in [7, 11) is 1.74. The minimum atomic E-state index is 0.646. The molecular formula is C16H16ClN3. The summed E-state index contributed by atoms with van der Waals surface area (Å²) in [5.74, 6) is 5.64. The van der Waals surface area contributed by atoms with Crippen LogP contribution in [0.15, 0.2) is 49.7 Å². The molecule has 0 aliphatic heterocycles. The Bertz CT molecular complexity index is 702. The van der Waals surface area contributed by atoms with Crippen LogP contribution in [-0.4, -0.2) is 17.0 Å². The van der Waals surface area contributed by atoms with Crippen molar-refractivity contribution in [2.45, 2.75) is 0 Å². The Morgan fingerprint density at radius 1 is 1.35 bits per heavy atom. The van der Waals surface area contributed by atoms with Crippen molar-refractivity contribution in [2.24, 2.45) is 5.84 Å². The molecule has 0 radical (unpaired) electrons. The Balaban J connectivity index is 2.66. The van der Waals surface area contributed by atoms with Gasteiger partial charge in [0.05, 0.1) is 16.2 Å². The molecule has 0 saturated heterocycles. The van der Waals surface area contributed by atoms with E-state index in [1.54, 1.807) is 25.4 Å². The average Bonchev–Trinajstić information content (AvgIpc) is 2.43. The van der Waals surface area contributed by atoms with E-state index in [2.05, 4.69) is 18.1 Å². The van der Waals surface area contributed by atoms with Gasteiger partial charge in [-0.2, -0.15) is 0 Å². The van der Waals surface area contributed by atoms with Crippen molar-refractivity contribution in [2.75, 3.05) is 7.05 Å². The predicted octanol–water partition coefficient (Wildman–Crippen LogP) is 3.86. The van der Waals surface area contributed by atoms with Crippen LogP contribution in [0.3, 0.4) is 0 Å². The highest BCUT2D eigenvalue weighted by Gasteiger charge is 2.07. The van der Waals surface area contributed by atoms with Gasteiger partial charge in [-0.15, -0.1) is 0 Å². The number of hydrogen-bond donors (Lipinski definition) is 1. The fourth-order valence-corrected chi connectivity index (χ4v) is 2.18. The van der Waals surface area contributed by atoms with E-state index in [0.29, 0.717) is 5.02 Å². The lowest BCUT2D eigenvalue weighted by molar-refractivity contribution is 0.486. The summed E-state index contributed by atoms with van der Waals surface area (Å²) in [5, 5.41) is 3.01. The maximum atomic E-state index is 6.32. The summed E-state index contributed by atoms with van der Waals surface area (Å²) < 4.78 is 0. The Kier molecular flexibility index (Phi) is 4.23. The van der Waals surface area contributed by atoms with E-state index < -0.39 is 0 Å². The van der Waals surface area contributed by atoms with Crippen LogP contribution in [0.1, 0.15) is 11.3 Å². The monoisotopic (exact) mass is 285 g/mol. The number of pyridine rings is 1. The van der Waals surface area contributed by atoms with Crippen LogP contribution in [0.25, 0.3) is 22.6 Å². The van der Waals surface area contributed by atoms with E-state index in [1.165, 1.54) is 5.01 Å². The molecule has 0 saturated carbocycles. The summed E-state index contributed by atoms with van der Waals surface area (Å²) in [4.78, 5) is 4.61. The Hall–Kier alpha value is -2.10. The number of rotatable bonds is 4. The maximum Gasteiger partial charge on any atom is 0.0739 e. The standard InChI is InChI=1S/C16H16ClN3/c1-4-11-6-7-13-14(17)9-15(19-16(13)8-11)12(5-2)10-20(3)18/h4-10H,1-2,18H2,3H3/b12-10+. The van der Waals surface area contributed by atoms with Crippen LogP contribution in [0.4, 0.5) is 0 Å². The van der Waals surface area contributed by atoms with Gasteiger partial charge in [0.2, 0.25) is 0 Å². The SMILES string of the molecule is C=C/C(=C\N(C)N)c1cc(Cl)c2ccc(C=C)cc2n1. The molecule has 0 spiro atoms. The lowest BCUT2D eigenvalue weighted by atomic mass is 10.1. The van der Waals surface area contributed by atoms with Gasteiger partial charge in [0, 0.05) is 24.2 Å². The van der Waals surface area contributed by atoms with Gasteiger partial charge >= 0.3 is 0 Å². The minimum absolute atomic E-state index is 0.646. The second kappa shape index (κ2) is 5.90. The van der Waals surface area contributed by atoms with E-state index in [-0.39, 0.29) is 0 Å². The molecule has 0 aliphatic carbocycles. The topological polar surface area (TPSA) is 42.1 Å². The third kappa shape index (κ3) is 2.90. The second-order valence-corrected chi connectivity index (χ2v) is 4.83. The van der Waals surface area contributed by atoms with Crippen LogP contribution in [0.5, 0.6) is 0 Å². The molecule has 1 aromatic carbocycles. The third-order valence-electron chi connectivity index (χ3n) is 2.88. The number of benzene rings is 1. The number of allylic oxidation sites excluding steroid dienone is 2. The largest absolute Gasteiger partial charge is 0.321 e. The molecular weight excluding hydrogens is 270 g/mol. The predicted molar refractivity (Wildman–Crippen MR) is 87.0 cm³/mol. The number of hydrazine groups is 1. The van der Waals surface area contributed by atoms with E-state index >= 15 is 0 Å². The highest BCUT2D eigenvalue weighted by Crippen LogP contribution is 2.27. The first-order valence-corrected chi connectivity index (χ1v) is 6.48. The summed E-state index contributed by atoms with van der Waals surface area (Å²) in [6, 6.07) is 7.66. The number of nitrogens with two attached hydrogens (primary N) is 1. The van der Waals surface area contributed by atoms with Gasteiger partial charge in [0.1, 0.15) is 0 Å². The first kappa shape index (κ1) is 14.3. The summed E-state index contributed by atoms with van der Waals surface area (Å²) >= 11 is 6.32. The Morgan fingerprint density at radius 2 is 2.10 bits per heavy atom. The summed E-state index contributed by atoms with van der Waals surface area (Å²) in [6.45, 7) is 7.55. The van der Waals surface area contributed by atoms with Crippen LogP contribution in [0.2, 0.25) is 5.02 Å². The molecule has 4 heteroatoms. The number of hydrogen-bond acceptors (Lipinski definition) is 3. The van der Waals surface area contributed by atoms with Crippen molar-refractivity contribution in [3.8, 4) is 0 Å². The van der Waals surface area contributed by atoms with Crippen molar-refractivity contribution in [3.05, 3.63) is 66.0 Å².